The molecular weight excluding hydrogens is 270 g/mol. The molecule has 108 valence electrons. The molecule has 1 aliphatic rings. The largest absolute Gasteiger partial charge is 0.382 e. The van der Waals surface area contributed by atoms with Crippen LogP contribution in [0.4, 0.5) is 11.4 Å². The predicted molar refractivity (Wildman–Crippen MR) is 80.2 cm³/mol. The summed E-state index contributed by atoms with van der Waals surface area (Å²) in [7, 11) is 0. The first-order chi connectivity index (χ1) is 10.1. The maximum atomic E-state index is 11.3. The van der Waals surface area contributed by atoms with Crippen molar-refractivity contribution in [3.8, 4) is 6.07 Å². The molecule has 1 fully saturated rings. The molecule has 1 aliphatic heterocycles. The van der Waals surface area contributed by atoms with Gasteiger partial charge in [0.2, 0.25) is 11.6 Å². The van der Waals surface area contributed by atoms with E-state index in [0.29, 0.717) is 18.8 Å². The van der Waals surface area contributed by atoms with E-state index in [2.05, 4.69) is 15.8 Å². The van der Waals surface area contributed by atoms with Gasteiger partial charge in [-0.25, -0.2) is 0 Å². The summed E-state index contributed by atoms with van der Waals surface area (Å²) >= 11 is 0. The number of nitriles is 1. The van der Waals surface area contributed by atoms with E-state index in [4.69, 9.17) is 16.4 Å². The molecule has 1 aromatic rings. The zero-order chi connectivity index (χ0) is 15.2. The molecule has 0 aromatic heterocycles. The van der Waals surface area contributed by atoms with E-state index in [9.17, 15) is 4.79 Å². The third-order valence-corrected chi connectivity index (χ3v) is 2.93. The summed E-state index contributed by atoms with van der Waals surface area (Å²) in [5.74, 6) is -0.380. The number of nitrogens with one attached hydrogen (secondary N) is 3. The van der Waals surface area contributed by atoms with Crippen LogP contribution in [0.25, 0.3) is 0 Å². The third-order valence-electron chi connectivity index (χ3n) is 2.93. The van der Waals surface area contributed by atoms with Gasteiger partial charge in [-0.3, -0.25) is 15.6 Å². The Labute approximate surface area is 121 Å². The molecule has 0 radical (unpaired) electrons. The summed E-state index contributed by atoms with van der Waals surface area (Å²) in [5, 5.41) is 22.4. The van der Waals surface area contributed by atoms with Crippen molar-refractivity contribution < 1.29 is 4.79 Å². The summed E-state index contributed by atoms with van der Waals surface area (Å²) < 4.78 is 0. The van der Waals surface area contributed by atoms with Gasteiger partial charge >= 0.3 is 0 Å². The summed E-state index contributed by atoms with van der Waals surface area (Å²) in [4.78, 5) is 13.3. The van der Waals surface area contributed by atoms with E-state index in [1.165, 1.54) is 0 Å². The Morgan fingerprint density at radius 1 is 1.48 bits per heavy atom. The number of amides is 1. The smallest absolute Gasteiger partial charge is 0.239 e. The average Bonchev–Trinajstić information content (AvgIpc) is 2.48. The molecule has 0 aliphatic carbocycles. The lowest BCUT2D eigenvalue weighted by Crippen LogP contribution is -2.47. The molecule has 0 bridgehead atoms. The summed E-state index contributed by atoms with van der Waals surface area (Å²) in [6.45, 7) is 1.74. The number of piperazine rings is 1. The Morgan fingerprint density at radius 2 is 2.19 bits per heavy atom. The SMILES string of the molecule is N#C/C(=N\Nc1ccc(N2CCNC(=O)C2)cc1)C(=N)N. The Bertz CT molecular complexity index is 614. The minimum absolute atomic E-state index is 0.00757. The van der Waals surface area contributed by atoms with Gasteiger partial charge in [0.15, 0.2) is 5.84 Å². The maximum Gasteiger partial charge on any atom is 0.239 e. The quantitative estimate of drug-likeness (QED) is 0.347. The van der Waals surface area contributed by atoms with E-state index in [-0.39, 0.29) is 17.5 Å². The average molecular weight is 285 g/mol. The third kappa shape index (κ3) is 3.70. The normalized spacial score (nSPS) is 15.1. The molecule has 1 heterocycles. The van der Waals surface area contributed by atoms with E-state index >= 15 is 0 Å². The molecule has 1 amide bonds. The van der Waals surface area contributed by atoms with Gasteiger partial charge in [-0.2, -0.15) is 10.4 Å². The van der Waals surface area contributed by atoms with E-state index in [1.54, 1.807) is 18.2 Å². The molecule has 0 saturated carbocycles. The zero-order valence-corrected chi connectivity index (χ0v) is 11.3. The highest BCUT2D eigenvalue weighted by Gasteiger charge is 2.16. The van der Waals surface area contributed by atoms with Crippen LogP contribution in [0, 0.1) is 16.7 Å². The Kier molecular flexibility index (Phi) is 4.36. The monoisotopic (exact) mass is 285 g/mol. The van der Waals surface area contributed by atoms with Crippen molar-refractivity contribution in [2.75, 3.05) is 30.0 Å². The van der Waals surface area contributed by atoms with Crippen molar-refractivity contribution in [1.29, 1.82) is 10.7 Å². The van der Waals surface area contributed by atoms with Gasteiger partial charge in [0, 0.05) is 18.8 Å². The van der Waals surface area contributed by atoms with Crippen LogP contribution in [0.15, 0.2) is 29.4 Å². The molecular formula is C13H15N7O. The molecule has 8 nitrogen and oxygen atoms in total. The number of carbonyl (C=O) groups is 1. The van der Waals surface area contributed by atoms with Crippen LogP contribution in [0.1, 0.15) is 0 Å². The highest BCUT2D eigenvalue weighted by Crippen LogP contribution is 2.18. The standard InChI is InChI=1S/C13H15N7O/c14-7-11(13(15)16)19-18-9-1-3-10(4-2-9)20-6-5-17-12(21)8-20/h1-4,18H,5-6,8H2,(H3,15,16)(H,17,21)/b19-11+. The number of nitrogens with zero attached hydrogens (tertiary/aromatic N) is 3. The minimum Gasteiger partial charge on any atom is -0.382 e. The number of hydrogen-bond acceptors (Lipinski definition) is 6. The summed E-state index contributed by atoms with van der Waals surface area (Å²) in [6, 6.07) is 9.00. The number of anilines is 2. The van der Waals surface area contributed by atoms with Crippen molar-refractivity contribution in [3.05, 3.63) is 24.3 Å². The number of hydrazone groups is 1. The molecule has 8 heteroatoms. The minimum atomic E-state index is -0.388. The van der Waals surface area contributed by atoms with Crippen LogP contribution in [0.2, 0.25) is 0 Å². The second-order valence-electron chi connectivity index (χ2n) is 4.42. The maximum absolute atomic E-state index is 11.3. The van der Waals surface area contributed by atoms with Gasteiger partial charge in [0.1, 0.15) is 6.07 Å². The second-order valence-corrected chi connectivity index (χ2v) is 4.42. The number of carbonyl (C=O) groups excluding carboxylic acids is 1. The van der Waals surface area contributed by atoms with E-state index < -0.39 is 0 Å². The molecule has 5 N–H and O–H groups in total. The highest BCUT2D eigenvalue weighted by molar-refractivity contribution is 6.45. The fourth-order valence-electron chi connectivity index (χ4n) is 1.87. The number of amidine groups is 1. The van der Waals surface area contributed by atoms with Crippen LogP contribution in [0.5, 0.6) is 0 Å². The molecule has 21 heavy (non-hydrogen) atoms. The van der Waals surface area contributed by atoms with Crippen LogP contribution < -0.4 is 21.4 Å². The number of hydrogen-bond donors (Lipinski definition) is 4. The molecule has 2 rings (SSSR count). The van der Waals surface area contributed by atoms with Crippen LogP contribution in [0.3, 0.4) is 0 Å². The Morgan fingerprint density at radius 3 is 2.76 bits per heavy atom. The van der Waals surface area contributed by atoms with Gasteiger partial charge in [-0.1, -0.05) is 0 Å². The van der Waals surface area contributed by atoms with E-state index in [0.717, 1.165) is 12.2 Å². The fraction of sp³-hybridized carbons (Fsp3) is 0.231. The highest BCUT2D eigenvalue weighted by atomic mass is 16.2. The van der Waals surface area contributed by atoms with Crippen LogP contribution >= 0.6 is 0 Å². The first-order valence-corrected chi connectivity index (χ1v) is 6.30. The number of nitrogens with two attached hydrogens (primary N) is 1. The predicted octanol–water partition coefficient (Wildman–Crippen LogP) is -0.150. The number of rotatable bonds is 4. The lowest BCUT2D eigenvalue weighted by atomic mass is 10.2. The van der Waals surface area contributed by atoms with Gasteiger partial charge in [-0.05, 0) is 24.3 Å². The first-order valence-electron chi connectivity index (χ1n) is 6.30. The Hall–Kier alpha value is -3.08. The van der Waals surface area contributed by atoms with Crippen molar-refractivity contribution in [1.82, 2.24) is 5.32 Å². The van der Waals surface area contributed by atoms with Crippen molar-refractivity contribution >= 4 is 28.8 Å². The van der Waals surface area contributed by atoms with Gasteiger partial charge in [0.25, 0.3) is 0 Å². The molecule has 0 unspecified atom stereocenters. The summed E-state index contributed by atoms with van der Waals surface area (Å²) in [5.41, 5.74) is 9.28. The van der Waals surface area contributed by atoms with Gasteiger partial charge < -0.3 is 16.0 Å². The van der Waals surface area contributed by atoms with Crippen molar-refractivity contribution in [2.45, 2.75) is 0 Å². The molecule has 0 atom stereocenters. The lowest BCUT2D eigenvalue weighted by Gasteiger charge is -2.28. The lowest BCUT2D eigenvalue weighted by molar-refractivity contribution is -0.120. The number of benzene rings is 1. The van der Waals surface area contributed by atoms with Crippen molar-refractivity contribution in [3.63, 3.8) is 0 Å². The van der Waals surface area contributed by atoms with Gasteiger partial charge in [0.05, 0.1) is 12.2 Å². The first kappa shape index (κ1) is 14.3. The summed E-state index contributed by atoms with van der Waals surface area (Å²) in [6.07, 6.45) is 0. The zero-order valence-electron chi connectivity index (χ0n) is 11.3. The van der Waals surface area contributed by atoms with Gasteiger partial charge in [-0.15, -0.1) is 0 Å². The Balaban J connectivity index is 2.04. The molecule has 1 saturated heterocycles. The molecule has 1 aromatic carbocycles. The topological polar surface area (TPSA) is 130 Å². The molecule has 0 spiro atoms. The fourth-order valence-corrected chi connectivity index (χ4v) is 1.87. The van der Waals surface area contributed by atoms with E-state index in [1.807, 2.05) is 17.0 Å². The van der Waals surface area contributed by atoms with Crippen LogP contribution in [-0.2, 0) is 4.79 Å². The van der Waals surface area contributed by atoms with Crippen molar-refractivity contribution in [2.24, 2.45) is 10.8 Å². The second kappa shape index (κ2) is 6.38. The van der Waals surface area contributed by atoms with Crippen LogP contribution in [-0.4, -0.2) is 37.1 Å².